The number of rotatable bonds is 5. The van der Waals surface area contributed by atoms with Crippen molar-refractivity contribution in [3.05, 3.63) is 38.3 Å². The second kappa shape index (κ2) is 5.94. The average molecular weight is 312 g/mol. The van der Waals surface area contributed by atoms with E-state index >= 15 is 0 Å². The van der Waals surface area contributed by atoms with E-state index in [-0.39, 0.29) is 5.69 Å². The minimum atomic E-state index is -0.443. The fraction of sp³-hybridized carbons (Fsp3) is 0.417. The number of nitrogens with zero attached hydrogens (tertiary/aromatic N) is 2. The first-order chi connectivity index (χ1) is 8.35. The van der Waals surface area contributed by atoms with Crippen molar-refractivity contribution in [1.29, 1.82) is 5.26 Å². The Hall–Kier alpha value is -1.45. The fourth-order valence-electron chi connectivity index (χ4n) is 1.37. The van der Waals surface area contributed by atoms with Crippen LogP contribution < -0.4 is 5.32 Å². The second-order valence-corrected chi connectivity index (χ2v) is 5.50. The minimum Gasteiger partial charge on any atom is -0.311 e. The first-order valence-corrected chi connectivity index (χ1v) is 6.20. The molecular formula is C12H14BrN3O2. The van der Waals surface area contributed by atoms with Crippen molar-refractivity contribution in [3.8, 4) is 6.07 Å². The first-order valence-electron chi connectivity index (χ1n) is 5.40. The van der Waals surface area contributed by atoms with Gasteiger partial charge in [-0.2, -0.15) is 5.26 Å². The Kier molecular flexibility index (Phi) is 4.82. The van der Waals surface area contributed by atoms with Gasteiger partial charge in [-0.3, -0.25) is 10.1 Å². The van der Waals surface area contributed by atoms with Crippen LogP contribution in [-0.2, 0) is 6.54 Å². The van der Waals surface area contributed by atoms with Crippen LogP contribution in [0.25, 0.3) is 0 Å². The van der Waals surface area contributed by atoms with Crippen LogP contribution in [0.1, 0.15) is 19.4 Å². The van der Waals surface area contributed by atoms with Crippen LogP contribution in [0, 0.1) is 26.9 Å². The summed E-state index contributed by atoms with van der Waals surface area (Å²) in [6.45, 7) is 4.71. The SMILES string of the molecule is CC(C)(C#N)CNCc1ccc(Br)c([N+](=O)[O-])c1. The van der Waals surface area contributed by atoms with Crippen LogP contribution in [0.4, 0.5) is 5.69 Å². The molecule has 1 rings (SSSR count). The lowest BCUT2D eigenvalue weighted by Crippen LogP contribution is -2.27. The van der Waals surface area contributed by atoms with E-state index in [2.05, 4.69) is 27.3 Å². The number of nitrogens with one attached hydrogen (secondary N) is 1. The third kappa shape index (κ3) is 4.09. The van der Waals surface area contributed by atoms with Crippen LogP contribution in [0.15, 0.2) is 22.7 Å². The summed E-state index contributed by atoms with van der Waals surface area (Å²) in [5.41, 5.74) is 0.425. The Bertz CT molecular complexity index is 495. The molecule has 0 aromatic heterocycles. The number of nitro groups is 1. The normalized spacial score (nSPS) is 11.0. The topological polar surface area (TPSA) is 79.0 Å². The maximum atomic E-state index is 10.8. The Morgan fingerprint density at radius 2 is 2.22 bits per heavy atom. The molecule has 0 radical (unpaired) electrons. The molecule has 0 aliphatic rings. The summed E-state index contributed by atoms with van der Waals surface area (Å²) in [5, 5.41) is 22.7. The number of hydrogen-bond acceptors (Lipinski definition) is 4. The zero-order valence-corrected chi connectivity index (χ0v) is 11.8. The summed E-state index contributed by atoms with van der Waals surface area (Å²) in [6, 6.07) is 7.18. The molecule has 0 amide bonds. The van der Waals surface area contributed by atoms with Crippen molar-refractivity contribution in [2.45, 2.75) is 20.4 Å². The van der Waals surface area contributed by atoms with Gasteiger partial charge in [0.1, 0.15) is 0 Å². The van der Waals surface area contributed by atoms with E-state index < -0.39 is 10.3 Å². The Balaban J connectivity index is 2.67. The molecule has 6 heteroatoms. The summed E-state index contributed by atoms with van der Waals surface area (Å²) in [5.74, 6) is 0. The standard InChI is InChI=1S/C12H14BrN3O2/c1-12(2,7-14)8-15-6-9-3-4-10(13)11(5-9)16(17)18/h3-5,15H,6,8H2,1-2H3. The van der Waals surface area contributed by atoms with Gasteiger partial charge in [-0.1, -0.05) is 6.07 Å². The van der Waals surface area contributed by atoms with Crippen LogP contribution in [0.2, 0.25) is 0 Å². The molecule has 0 aliphatic heterocycles. The Morgan fingerprint density at radius 3 is 2.78 bits per heavy atom. The highest BCUT2D eigenvalue weighted by molar-refractivity contribution is 9.10. The van der Waals surface area contributed by atoms with E-state index in [9.17, 15) is 10.1 Å². The molecule has 0 spiro atoms. The molecule has 0 saturated carbocycles. The van der Waals surface area contributed by atoms with Crippen LogP contribution in [0.3, 0.4) is 0 Å². The van der Waals surface area contributed by atoms with E-state index in [0.717, 1.165) is 5.56 Å². The summed E-state index contributed by atoms with van der Waals surface area (Å²) in [6.07, 6.45) is 0. The lowest BCUT2D eigenvalue weighted by Gasteiger charge is -2.15. The molecule has 0 atom stereocenters. The van der Waals surface area contributed by atoms with Crippen LogP contribution in [0.5, 0.6) is 0 Å². The monoisotopic (exact) mass is 311 g/mol. The molecule has 0 saturated heterocycles. The molecule has 18 heavy (non-hydrogen) atoms. The fourth-order valence-corrected chi connectivity index (χ4v) is 1.76. The zero-order chi connectivity index (χ0) is 13.8. The van der Waals surface area contributed by atoms with Crippen molar-refractivity contribution >= 4 is 21.6 Å². The van der Waals surface area contributed by atoms with Gasteiger partial charge < -0.3 is 5.32 Å². The Labute approximate surface area is 114 Å². The maximum absolute atomic E-state index is 10.8. The van der Waals surface area contributed by atoms with Gasteiger partial charge in [0.25, 0.3) is 5.69 Å². The highest BCUT2D eigenvalue weighted by Crippen LogP contribution is 2.25. The average Bonchev–Trinajstić information content (AvgIpc) is 2.31. The number of nitriles is 1. The van der Waals surface area contributed by atoms with Gasteiger partial charge in [0.15, 0.2) is 0 Å². The summed E-state index contributed by atoms with van der Waals surface area (Å²) in [7, 11) is 0. The van der Waals surface area contributed by atoms with Gasteiger partial charge in [-0.15, -0.1) is 0 Å². The van der Waals surface area contributed by atoms with E-state index in [1.807, 2.05) is 19.9 Å². The number of halogens is 1. The zero-order valence-electron chi connectivity index (χ0n) is 10.2. The van der Waals surface area contributed by atoms with Crippen molar-refractivity contribution in [1.82, 2.24) is 5.32 Å². The number of hydrogen-bond donors (Lipinski definition) is 1. The molecular weight excluding hydrogens is 298 g/mol. The molecule has 1 aromatic carbocycles. The molecule has 0 aliphatic carbocycles. The molecule has 0 heterocycles. The van der Waals surface area contributed by atoms with Gasteiger partial charge in [-0.25, -0.2) is 0 Å². The summed E-state index contributed by atoms with van der Waals surface area (Å²) >= 11 is 3.14. The van der Waals surface area contributed by atoms with E-state index in [1.54, 1.807) is 6.07 Å². The summed E-state index contributed by atoms with van der Waals surface area (Å²) in [4.78, 5) is 10.3. The molecule has 96 valence electrons. The van der Waals surface area contributed by atoms with Crippen molar-refractivity contribution < 1.29 is 4.92 Å². The van der Waals surface area contributed by atoms with Crippen molar-refractivity contribution in [2.75, 3.05) is 6.54 Å². The quantitative estimate of drug-likeness (QED) is 0.669. The molecule has 0 unspecified atom stereocenters. The van der Waals surface area contributed by atoms with Gasteiger partial charge in [0.2, 0.25) is 0 Å². The van der Waals surface area contributed by atoms with Crippen LogP contribution >= 0.6 is 15.9 Å². The lowest BCUT2D eigenvalue weighted by atomic mass is 9.96. The van der Waals surface area contributed by atoms with Gasteiger partial charge in [-0.05, 0) is 41.4 Å². The van der Waals surface area contributed by atoms with Gasteiger partial charge in [0.05, 0.1) is 20.9 Å². The molecule has 0 bridgehead atoms. The first kappa shape index (κ1) is 14.6. The minimum absolute atomic E-state index is 0.0499. The third-order valence-corrected chi connectivity index (χ3v) is 3.08. The highest BCUT2D eigenvalue weighted by atomic mass is 79.9. The maximum Gasteiger partial charge on any atom is 0.283 e. The van der Waals surface area contributed by atoms with Gasteiger partial charge >= 0.3 is 0 Å². The summed E-state index contributed by atoms with van der Waals surface area (Å²) < 4.78 is 0.466. The predicted octanol–water partition coefficient (Wildman–Crippen LogP) is 3.00. The van der Waals surface area contributed by atoms with Crippen LogP contribution in [-0.4, -0.2) is 11.5 Å². The Morgan fingerprint density at radius 1 is 1.56 bits per heavy atom. The second-order valence-electron chi connectivity index (χ2n) is 4.64. The highest BCUT2D eigenvalue weighted by Gasteiger charge is 2.16. The lowest BCUT2D eigenvalue weighted by molar-refractivity contribution is -0.385. The number of benzene rings is 1. The molecule has 1 N–H and O–H groups in total. The van der Waals surface area contributed by atoms with Crippen molar-refractivity contribution in [3.63, 3.8) is 0 Å². The number of nitro benzene ring substituents is 1. The smallest absolute Gasteiger partial charge is 0.283 e. The molecule has 5 nitrogen and oxygen atoms in total. The van der Waals surface area contributed by atoms with E-state index in [1.165, 1.54) is 6.07 Å². The predicted molar refractivity (Wildman–Crippen MR) is 71.9 cm³/mol. The van der Waals surface area contributed by atoms with E-state index in [0.29, 0.717) is 17.6 Å². The van der Waals surface area contributed by atoms with E-state index in [4.69, 9.17) is 5.26 Å². The molecule has 1 aromatic rings. The van der Waals surface area contributed by atoms with Gasteiger partial charge in [0, 0.05) is 19.2 Å². The largest absolute Gasteiger partial charge is 0.311 e. The van der Waals surface area contributed by atoms with Crippen molar-refractivity contribution in [2.24, 2.45) is 5.41 Å². The third-order valence-electron chi connectivity index (χ3n) is 2.41. The molecule has 0 fully saturated rings.